The normalized spacial score (nSPS) is 17.8. The van der Waals surface area contributed by atoms with Gasteiger partial charge in [-0.15, -0.1) is 0 Å². The van der Waals surface area contributed by atoms with Crippen molar-refractivity contribution in [3.63, 3.8) is 0 Å². The fraction of sp³-hybridized carbons (Fsp3) is 0.435. The minimum atomic E-state index is -0.129. The smallest absolute Gasteiger partial charge is 0.272 e. The molecule has 1 aliphatic rings. The highest BCUT2D eigenvalue weighted by molar-refractivity contribution is 5.94. The molecule has 6 heteroatoms. The van der Waals surface area contributed by atoms with E-state index in [1.807, 2.05) is 29.9 Å². The summed E-state index contributed by atoms with van der Waals surface area (Å²) in [6.07, 6.45) is 4.53. The zero-order chi connectivity index (χ0) is 20.8. The van der Waals surface area contributed by atoms with Crippen molar-refractivity contribution in [2.45, 2.75) is 59.9 Å². The van der Waals surface area contributed by atoms with Gasteiger partial charge in [0.2, 0.25) is 0 Å². The van der Waals surface area contributed by atoms with Crippen LogP contribution >= 0.6 is 0 Å². The van der Waals surface area contributed by atoms with Crippen LogP contribution in [-0.2, 0) is 12.8 Å². The topological polar surface area (TPSA) is 75.6 Å². The monoisotopic (exact) mass is 391 g/mol. The van der Waals surface area contributed by atoms with Gasteiger partial charge < -0.3 is 5.32 Å². The number of hydrogen-bond acceptors (Lipinski definition) is 3. The Morgan fingerprint density at radius 1 is 1.31 bits per heavy atom. The molecule has 1 unspecified atom stereocenters. The Kier molecular flexibility index (Phi) is 4.81. The number of H-pyrrole nitrogens is 1. The lowest BCUT2D eigenvalue weighted by Gasteiger charge is -2.36. The lowest BCUT2D eigenvalue weighted by atomic mass is 9.74. The number of nitrogens with one attached hydrogen (secondary N) is 2. The van der Waals surface area contributed by atoms with Crippen molar-refractivity contribution in [2.24, 2.45) is 5.41 Å². The molecule has 1 amide bonds. The second-order valence-electron chi connectivity index (χ2n) is 8.85. The maximum atomic E-state index is 13.0. The van der Waals surface area contributed by atoms with Gasteiger partial charge in [-0.05, 0) is 50.2 Å². The van der Waals surface area contributed by atoms with E-state index >= 15 is 0 Å². The van der Waals surface area contributed by atoms with Crippen molar-refractivity contribution in [3.05, 3.63) is 64.2 Å². The molecule has 0 saturated heterocycles. The highest BCUT2D eigenvalue weighted by atomic mass is 16.2. The largest absolute Gasteiger partial charge is 0.344 e. The summed E-state index contributed by atoms with van der Waals surface area (Å²) in [5, 5.41) is 15.2. The number of nitrogens with zero attached hydrogens (tertiary/aromatic N) is 3. The zero-order valence-electron chi connectivity index (χ0n) is 17.8. The first-order valence-electron chi connectivity index (χ1n) is 10.3. The summed E-state index contributed by atoms with van der Waals surface area (Å²) in [5.41, 5.74) is 7.02. The van der Waals surface area contributed by atoms with Crippen LogP contribution in [0.2, 0.25) is 0 Å². The Bertz CT molecular complexity index is 1060. The van der Waals surface area contributed by atoms with Crippen LogP contribution in [0.4, 0.5) is 0 Å². The number of carbonyl (C=O) groups excluding carboxylic acids is 1. The number of benzene rings is 1. The van der Waals surface area contributed by atoms with Gasteiger partial charge in [0, 0.05) is 16.8 Å². The molecule has 0 spiro atoms. The summed E-state index contributed by atoms with van der Waals surface area (Å²) in [5.74, 6) is -0.129. The summed E-state index contributed by atoms with van der Waals surface area (Å²) in [6.45, 7) is 10.6. The maximum Gasteiger partial charge on any atom is 0.272 e. The average molecular weight is 392 g/mol. The summed E-state index contributed by atoms with van der Waals surface area (Å²) in [4.78, 5) is 13.0. The molecule has 29 heavy (non-hydrogen) atoms. The Morgan fingerprint density at radius 3 is 2.76 bits per heavy atom. The van der Waals surface area contributed by atoms with E-state index in [9.17, 15) is 4.79 Å². The first kappa shape index (κ1) is 19.4. The van der Waals surface area contributed by atoms with Crippen LogP contribution in [0.5, 0.6) is 0 Å². The first-order valence-corrected chi connectivity index (χ1v) is 10.3. The standard InChI is InChI=1S/C23H29N5O/c1-6-17-15(3)21(27-26-17)22(29)25-18-11-23(4,5)12-20-16(18)13-24-28(20)19-10-8-7-9-14(19)2/h7-10,13,18H,6,11-12H2,1-5H3,(H,25,29)(H,26,27). The van der Waals surface area contributed by atoms with Crippen molar-refractivity contribution in [3.8, 4) is 5.69 Å². The summed E-state index contributed by atoms with van der Waals surface area (Å²) in [7, 11) is 0. The summed E-state index contributed by atoms with van der Waals surface area (Å²) < 4.78 is 2.04. The van der Waals surface area contributed by atoms with E-state index in [1.54, 1.807) is 0 Å². The lowest BCUT2D eigenvalue weighted by Crippen LogP contribution is -2.37. The highest BCUT2D eigenvalue weighted by Crippen LogP contribution is 2.41. The molecule has 152 valence electrons. The van der Waals surface area contributed by atoms with Gasteiger partial charge >= 0.3 is 0 Å². The molecule has 0 fully saturated rings. The molecule has 1 aliphatic carbocycles. The fourth-order valence-electron chi connectivity index (χ4n) is 4.41. The molecule has 2 N–H and O–H groups in total. The van der Waals surface area contributed by atoms with Crippen LogP contribution in [0.15, 0.2) is 30.5 Å². The highest BCUT2D eigenvalue weighted by Gasteiger charge is 2.36. The van der Waals surface area contributed by atoms with E-state index in [1.165, 1.54) is 11.3 Å². The predicted molar refractivity (Wildman–Crippen MR) is 113 cm³/mol. The van der Waals surface area contributed by atoms with E-state index in [-0.39, 0.29) is 17.4 Å². The lowest BCUT2D eigenvalue weighted by molar-refractivity contribution is 0.0913. The van der Waals surface area contributed by atoms with Crippen LogP contribution in [0.25, 0.3) is 5.69 Å². The molecule has 2 aromatic heterocycles. The van der Waals surface area contributed by atoms with Crippen LogP contribution in [0.1, 0.15) is 71.8 Å². The van der Waals surface area contributed by atoms with Gasteiger partial charge in [0.05, 0.1) is 23.6 Å². The van der Waals surface area contributed by atoms with Crippen LogP contribution in [-0.4, -0.2) is 25.9 Å². The van der Waals surface area contributed by atoms with Gasteiger partial charge in [-0.2, -0.15) is 10.2 Å². The third kappa shape index (κ3) is 3.48. The third-order valence-corrected chi connectivity index (χ3v) is 6.01. The van der Waals surface area contributed by atoms with Crippen LogP contribution in [0.3, 0.4) is 0 Å². The van der Waals surface area contributed by atoms with Crippen LogP contribution < -0.4 is 5.32 Å². The number of aromatic amines is 1. The second-order valence-corrected chi connectivity index (χ2v) is 8.85. The molecule has 1 aromatic carbocycles. The number of rotatable bonds is 4. The van der Waals surface area contributed by atoms with Gasteiger partial charge in [-0.25, -0.2) is 4.68 Å². The second kappa shape index (κ2) is 7.17. The maximum absolute atomic E-state index is 13.0. The van der Waals surface area contributed by atoms with E-state index in [4.69, 9.17) is 5.10 Å². The number of aromatic nitrogens is 4. The summed E-state index contributed by atoms with van der Waals surface area (Å²) in [6, 6.07) is 8.19. The molecule has 2 heterocycles. The SMILES string of the molecule is CCc1[nH]nc(C(=O)NC2CC(C)(C)Cc3c2cnn3-c2ccccc2C)c1C. The van der Waals surface area contributed by atoms with E-state index in [0.29, 0.717) is 5.69 Å². The van der Waals surface area contributed by atoms with E-state index in [2.05, 4.69) is 55.3 Å². The van der Waals surface area contributed by atoms with Crippen LogP contribution in [0, 0.1) is 19.3 Å². The van der Waals surface area contributed by atoms with Gasteiger partial charge in [0.1, 0.15) is 0 Å². The molecule has 0 saturated carbocycles. The van der Waals surface area contributed by atoms with Crippen molar-refractivity contribution < 1.29 is 4.79 Å². The minimum Gasteiger partial charge on any atom is -0.344 e. The fourth-order valence-corrected chi connectivity index (χ4v) is 4.41. The van der Waals surface area contributed by atoms with E-state index in [0.717, 1.165) is 41.8 Å². The molecular formula is C23H29N5O. The number of fused-ring (bicyclic) bond motifs is 1. The molecule has 0 aliphatic heterocycles. The molecular weight excluding hydrogens is 362 g/mol. The summed E-state index contributed by atoms with van der Waals surface area (Å²) >= 11 is 0. The zero-order valence-corrected chi connectivity index (χ0v) is 17.8. The molecule has 6 nitrogen and oxygen atoms in total. The number of aryl methyl sites for hydroxylation is 2. The quantitative estimate of drug-likeness (QED) is 0.699. The predicted octanol–water partition coefficient (Wildman–Crippen LogP) is 4.22. The number of para-hydroxylation sites is 1. The Labute approximate surface area is 171 Å². The molecule has 3 aromatic rings. The van der Waals surface area contributed by atoms with Gasteiger partial charge in [0.15, 0.2) is 5.69 Å². The molecule has 0 radical (unpaired) electrons. The first-order chi connectivity index (χ1) is 13.8. The van der Waals surface area contributed by atoms with Gasteiger partial charge in [-0.1, -0.05) is 39.0 Å². The Balaban J connectivity index is 1.69. The number of carbonyl (C=O) groups is 1. The van der Waals surface area contributed by atoms with Gasteiger partial charge in [0.25, 0.3) is 5.91 Å². The van der Waals surface area contributed by atoms with Crippen molar-refractivity contribution in [2.75, 3.05) is 0 Å². The number of amides is 1. The third-order valence-electron chi connectivity index (χ3n) is 6.01. The average Bonchev–Trinajstić information content (AvgIpc) is 3.24. The molecule has 4 rings (SSSR count). The van der Waals surface area contributed by atoms with Crippen molar-refractivity contribution in [1.29, 1.82) is 0 Å². The van der Waals surface area contributed by atoms with Crippen molar-refractivity contribution in [1.82, 2.24) is 25.3 Å². The van der Waals surface area contributed by atoms with E-state index < -0.39 is 0 Å². The molecule has 1 atom stereocenters. The Hall–Kier alpha value is -2.89. The van der Waals surface area contributed by atoms with Crippen molar-refractivity contribution >= 4 is 5.91 Å². The molecule has 0 bridgehead atoms. The van der Waals surface area contributed by atoms with Gasteiger partial charge in [-0.3, -0.25) is 9.89 Å². The minimum absolute atomic E-state index is 0.0562. The Morgan fingerprint density at radius 2 is 2.07 bits per heavy atom. The number of hydrogen-bond donors (Lipinski definition) is 2.